The summed E-state index contributed by atoms with van der Waals surface area (Å²) in [6.45, 7) is 0.380. The zero-order valence-corrected chi connectivity index (χ0v) is 18.6. The number of nitrogens with zero attached hydrogens (tertiary/aromatic N) is 3. The fraction of sp³-hybridized carbons (Fsp3) is 0.364. The van der Waals surface area contributed by atoms with Crippen LogP contribution in [0.2, 0.25) is 0 Å². The van der Waals surface area contributed by atoms with Gasteiger partial charge in [-0.1, -0.05) is 37.1 Å². The quantitative estimate of drug-likeness (QED) is 0.283. The Hall–Kier alpha value is -2.91. The van der Waals surface area contributed by atoms with Gasteiger partial charge in [0.05, 0.1) is 23.7 Å². The Morgan fingerprint density at radius 2 is 1.74 bits per heavy atom. The van der Waals surface area contributed by atoms with Gasteiger partial charge in [0.15, 0.2) is 0 Å². The number of amides is 1. The van der Waals surface area contributed by atoms with Crippen LogP contribution in [0.5, 0.6) is 0 Å². The average molecular weight is 445 g/mol. The average Bonchev–Trinajstić information content (AvgIpc) is 3.12. The van der Waals surface area contributed by atoms with Gasteiger partial charge in [-0.3, -0.25) is 19.0 Å². The first-order chi connectivity index (χ1) is 14.8. The second-order valence-corrected chi connectivity index (χ2v) is 9.53. The molecule has 8 nitrogen and oxygen atoms in total. The molecule has 0 unspecified atom stereocenters. The summed E-state index contributed by atoms with van der Waals surface area (Å²) in [4.78, 5) is 11.0. The lowest BCUT2D eigenvalue weighted by Crippen LogP contribution is -2.30. The summed E-state index contributed by atoms with van der Waals surface area (Å²) in [6, 6.07) is 13.6. The summed E-state index contributed by atoms with van der Waals surface area (Å²) >= 11 is 0. The molecular formula is C22H28N4O4S. The minimum atomic E-state index is -3.41. The second-order valence-electron chi connectivity index (χ2n) is 7.62. The molecule has 0 spiro atoms. The Labute approximate surface area is 182 Å². The Morgan fingerprint density at radius 3 is 2.42 bits per heavy atom. The number of rotatable bonds is 10. The van der Waals surface area contributed by atoms with E-state index in [9.17, 15) is 13.2 Å². The first-order valence-electron chi connectivity index (χ1n) is 10.2. The maximum absolute atomic E-state index is 12.3. The maximum atomic E-state index is 12.3. The third-order valence-corrected chi connectivity index (χ3v) is 6.47. The lowest BCUT2D eigenvalue weighted by Gasteiger charge is -2.22. The molecule has 3 rings (SSSR count). The fourth-order valence-electron chi connectivity index (χ4n) is 3.58. The van der Waals surface area contributed by atoms with Crippen LogP contribution in [0.15, 0.2) is 48.7 Å². The number of hydrogen-bond acceptors (Lipinski definition) is 5. The summed E-state index contributed by atoms with van der Waals surface area (Å²) in [7, 11) is -1.50. The van der Waals surface area contributed by atoms with E-state index in [1.807, 2.05) is 54.3 Å². The number of hydrogen-bond donors (Lipinski definition) is 2. The van der Waals surface area contributed by atoms with Crippen LogP contribution in [0.3, 0.4) is 0 Å². The Bertz CT molecular complexity index is 1140. The van der Waals surface area contributed by atoms with Crippen molar-refractivity contribution in [1.82, 2.24) is 15.3 Å². The van der Waals surface area contributed by atoms with Crippen LogP contribution in [-0.2, 0) is 21.9 Å². The number of aryl methyl sites for hydroxylation is 1. The smallest absolute Gasteiger partial charge is 0.243 e. The molecule has 0 aliphatic carbocycles. The molecule has 31 heavy (non-hydrogen) atoms. The van der Waals surface area contributed by atoms with Crippen LogP contribution in [-0.4, -0.2) is 42.1 Å². The highest BCUT2D eigenvalue weighted by Gasteiger charge is 2.17. The molecule has 0 bridgehead atoms. The van der Waals surface area contributed by atoms with Crippen LogP contribution in [0.4, 0.5) is 5.69 Å². The number of carbonyl (C=O) groups is 1. The minimum Gasteiger partial charge on any atom is -0.289 e. The van der Waals surface area contributed by atoms with E-state index >= 15 is 0 Å². The first-order valence-corrected chi connectivity index (χ1v) is 12.1. The second kappa shape index (κ2) is 9.93. The Kier molecular flexibility index (Phi) is 7.29. The summed E-state index contributed by atoms with van der Waals surface area (Å²) in [5, 5.41) is 13.8. The molecule has 2 aromatic carbocycles. The highest BCUT2D eigenvalue weighted by Crippen LogP contribution is 2.27. The number of carbonyl (C=O) groups excluding carboxylic acids is 1. The molecule has 0 aliphatic rings. The van der Waals surface area contributed by atoms with Gasteiger partial charge in [-0.2, -0.15) is 5.10 Å². The molecule has 3 aromatic rings. The zero-order chi connectivity index (χ0) is 22.4. The van der Waals surface area contributed by atoms with Gasteiger partial charge in [0.25, 0.3) is 0 Å². The van der Waals surface area contributed by atoms with Crippen LogP contribution in [0, 0.1) is 0 Å². The molecule has 1 aromatic heterocycles. The third kappa shape index (κ3) is 5.83. The Balaban J connectivity index is 1.66. The van der Waals surface area contributed by atoms with Crippen LogP contribution >= 0.6 is 0 Å². The van der Waals surface area contributed by atoms with Gasteiger partial charge < -0.3 is 0 Å². The highest BCUT2D eigenvalue weighted by molar-refractivity contribution is 7.92. The van der Waals surface area contributed by atoms with E-state index in [1.165, 1.54) is 10.6 Å². The van der Waals surface area contributed by atoms with Gasteiger partial charge in [0, 0.05) is 25.4 Å². The van der Waals surface area contributed by atoms with Crippen molar-refractivity contribution < 1.29 is 18.4 Å². The van der Waals surface area contributed by atoms with E-state index in [1.54, 1.807) is 5.48 Å². The molecule has 9 heteroatoms. The van der Waals surface area contributed by atoms with Gasteiger partial charge in [-0.05, 0) is 42.2 Å². The molecule has 2 N–H and O–H groups in total. The number of anilines is 1. The predicted molar refractivity (Wildman–Crippen MR) is 121 cm³/mol. The Morgan fingerprint density at radius 1 is 1.06 bits per heavy atom. The van der Waals surface area contributed by atoms with Crippen molar-refractivity contribution >= 4 is 32.5 Å². The topological polar surface area (TPSA) is 105 Å². The number of aromatic nitrogens is 2. The summed E-state index contributed by atoms with van der Waals surface area (Å²) in [5.41, 5.74) is 5.33. The van der Waals surface area contributed by atoms with Crippen molar-refractivity contribution in [2.45, 2.75) is 32.1 Å². The van der Waals surface area contributed by atoms with E-state index < -0.39 is 15.9 Å². The van der Waals surface area contributed by atoms with Crippen molar-refractivity contribution in [3.05, 3.63) is 48.7 Å². The van der Waals surface area contributed by atoms with Crippen LogP contribution in [0.25, 0.3) is 22.0 Å². The van der Waals surface area contributed by atoms with Crippen molar-refractivity contribution in [2.75, 3.05) is 17.1 Å². The molecule has 0 atom stereocenters. The standard InChI is InChI=1S/C22H28N4O4S/c1-25-21-15-18(8-9-19(21)16-23-25)17-10-12-20(13-11-17)26(31(2,29)30)14-6-4-3-5-7-22(27)24-28/h8-13,15-16,28H,3-7,14H2,1-2H3,(H,24,27). The summed E-state index contributed by atoms with van der Waals surface area (Å²) in [5.74, 6) is -0.402. The van der Waals surface area contributed by atoms with Gasteiger partial charge >= 0.3 is 0 Å². The molecule has 0 radical (unpaired) electrons. The number of benzene rings is 2. The number of fused-ring (bicyclic) bond motifs is 1. The zero-order valence-electron chi connectivity index (χ0n) is 17.8. The van der Waals surface area contributed by atoms with Gasteiger partial charge in [0.1, 0.15) is 0 Å². The number of nitrogens with one attached hydrogen (secondary N) is 1. The number of sulfonamides is 1. The first kappa shape index (κ1) is 22.8. The largest absolute Gasteiger partial charge is 0.289 e. The normalized spacial score (nSPS) is 11.6. The fourth-order valence-corrected chi connectivity index (χ4v) is 4.55. The van der Waals surface area contributed by atoms with Gasteiger partial charge in [-0.15, -0.1) is 0 Å². The van der Waals surface area contributed by atoms with Crippen LogP contribution < -0.4 is 9.79 Å². The maximum Gasteiger partial charge on any atom is 0.243 e. The molecule has 1 heterocycles. The summed E-state index contributed by atoms with van der Waals surface area (Å²) in [6.07, 6.45) is 6.23. The van der Waals surface area contributed by atoms with Crippen molar-refractivity contribution in [3.63, 3.8) is 0 Å². The van der Waals surface area contributed by atoms with Crippen LogP contribution in [0.1, 0.15) is 32.1 Å². The third-order valence-electron chi connectivity index (χ3n) is 5.28. The van der Waals surface area contributed by atoms with Crippen molar-refractivity contribution in [3.8, 4) is 11.1 Å². The van der Waals surface area contributed by atoms with Gasteiger partial charge in [0.2, 0.25) is 15.9 Å². The van der Waals surface area contributed by atoms with Crippen molar-refractivity contribution in [2.24, 2.45) is 7.05 Å². The summed E-state index contributed by atoms with van der Waals surface area (Å²) < 4.78 is 27.9. The molecule has 1 amide bonds. The SMILES string of the molecule is Cn1ncc2ccc(-c3ccc(N(CCCCCCC(=O)NO)S(C)(=O)=O)cc3)cc21. The van der Waals surface area contributed by atoms with E-state index in [0.29, 0.717) is 25.1 Å². The van der Waals surface area contributed by atoms with Gasteiger partial charge in [-0.25, -0.2) is 13.9 Å². The van der Waals surface area contributed by atoms with E-state index in [4.69, 9.17) is 5.21 Å². The van der Waals surface area contributed by atoms with E-state index in [2.05, 4.69) is 11.2 Å². The molecule has 166 valence electrons. The van der Waals surface area contributed by atoms with E-state index in [0.717, 1.165) is 34.9 Å². The molecular weight excluding hydrogens is 416 g/mol. The minimum absolute atomic E-state index is 0.262. The number of unbranched alkanes of at least 4 members (excludes halogenated alkanes) is 3. The molecule has 0 fully saturated rings. The lowest BCUT2D eigenvalue weighted by atomic mass is 10.0. The molecule has 0 saturated heterocycles. The predicted octanol–water partition coefficient (Wildman–Crippen LogP) is 3.46. The van der Waals surface area contributed by atoms with E-state index in [-0.39, 0.29) is 6.42 Å². The molecule has 0 saturated carbocycles. The lowest BCUT2D eigenvalue weighted by molar-refractivity contribution is -0.129. The highest BCUT2D eigenvalue weighted by atomic mass is 32.2. The monoisotopic (exact) mass is 444 g/mol. The number of hydroxylamine groups is 1. The van der Waals surface area contributed by atoms with Crippen molar-refractivity contribution in [1.29, 1.82) is 0 Å². The molecule has 0 aliphatic heterocycles.